The summed E-state index contributed by atoms with van der Waals surface area (Å²) in [6.07, 6.45) is 0. The van der Waals surface area contributed by atoms with Crippen LogP contribution in [0, 0.1) is 0 Å². The van der Waals surface area contributed by atoms with Crippen molar-refractivity contribution in [2.75, 3.05) is 32.1 Å². The van der Waals surface area contributed by atoms with Crippen molar-refractivity contribution < 1.29 is 19.1 Å². The summed E-state index contributed by atoms with van der Waals surface area (Å²) < 4.78 is 9.86. The van der Waals surface area contributed by atoms with Crippen molar-refractivity contribution in [2.24, 2.45) is 0 Å². The van der Waals surface area contributed by atoms with E-state index in [1.54, 1.807) is 0 Å². The molecule has 4 N–H and O–H groups in total. The molecule has 0 aliphatic heterocycles. The van der Waals surface area contributed by atoms with Crippen molar-refractivity contribution >= 4 is 11.8 Å². The number of carbonyl (C=O) groups excluding carboxylic acids is 1. The second-order valence-corrected chi connectivity index (χ2v) is 2.79. The molecule has 1 aromatic rings. The number of ether oxygens (including phenoxy) is 1. The van der Waals surface area contributed by atoms with Crippen LogP contribution in [0.4, 0.5) is 5.88 Å². The summed E-state index contributed by atoms with van der Waals surface area (Å²) in [4.78, 5) is 11.3. The Morgan fingerprint density at radius 2 is 2.33 bits per heavy atom. The van der Waals surface area contributed by atoms with Crippen LogP contribution in [0.25, 0.3) is 0 Å². The summed E-state index contributed by atoms with van der Waals surface area (Å²) in [5.74, 6) is 0.0469. The number of hydrogen-bond acceptors (Lipinski definition) is 5. The second kappa shape index (κ2) is 6.05. The number of nitrogens with one attached hydrogen (secondary N) is 1. The van der Waals surface area contributed by atoms with Crippen molar-refractivity contribution in [1.29, 1.82) is 0 Å². The Bertz CT molecular complexity index is 311. The number of aliphatic hydroxyl groups is 1. The van der Waals surface area contributed by atoms with Gasteiger partial charge in [-0.2, -0.15) is 0 Å². The van der Waals surface area contributed by atoms with Crippen LogP contribution >= 0.6 is 0 Å². The number of aliphatic hydroxyl groups excluding tert-OH is 1. The minimum atomic E-state index is -0.334. The summed E-state index contributed by atoms with van der Waals surface area (Å²) in [6.45, 7) is 0.953. The molecule has 0 saturated carbocycles. The Balaban J connectivity index is 2.19. The van der Waals surface area contributed by atoms with E-state index in [0.717, 1.165) is 0 Å². The number of carbonyl (C=O) groups is 1. The van der Waals surface area contributed by atoms with E-state index in [-0.39, 0.29) is 30.8 Å². The molecule has 1 rings (SSSR count). The monoisotopic (exact) mass is 214 g/mol. The molecular formula is C9H14N2O4. The summed E-state index contributed by atoms with van der Waals surface area (Å²) >= 11 is 0. The van der Waals surface area contributed by atoms with Gasteiger partial charge < -0.3 is 25.3 Å². The minimum Gasteiger partial charge on any atom is -0.436 e. The molecule has 0 radical (unpaired) electrons. The average Bonchev–Trinajstić information content (AvgIpc) is 2.64. The number of furan rings is 1. The van der Waals surface area contributed by atoms with Gasteiger partial charge in [0.2, 0.25) is 0 Å². The SMILES string of the molecule is Nc1ccc(C(=O)NCCOCCO)o1. The van der Waals surface area contributed by atoms with Crippen LogP contribution in [0.1, 0.15) is 10.6 Å². The first-order chi connectivity index (χ1) is 7.24. The van der Waals surface area contributed by atoms with Gasteiger partial charge in [0, 0.05) is 12.6 Å². The number of anilines is 1. The van der Waals surface area contributed by atoms with Gasteiger partial charge in [0.15, 0.2) is 11.6 Å². The highest BCUT2D eigenvalue weighted by molar-refractivity contribution is 5.91. The lowest BCUT2D eigenvalue weighted by molar-refractivity contribution is 0.0822. The average molecular weight is 214 g/mol. The Morgan fingerprint density at radius 1 is 1.53 bits per heavy atom. The van der Waals surface area contributed by atoms with E-state index >= 15 is 0 Å². The molecule has 1 aromatic heterocycles. The molecule has 0 unspecified atom stereocenters. The van der Waals surface area contributed by atoms with Crippen LogP contribution in [0.3, 0.4) is 0 Å². The number of nitrogen functional groups attached to an aromatic ring is 1. The molecular weight excluding hydrogens is 200 g/mol. The quantitative estimate of drug-likeness (QED) is 0.560. The molecule has 1 heterocycles. The van der Waals surface area contributed by atoms with E-state index in [9.17, 15) is 4.79 Å². The van der Waals surface area contributed by atoms with Crippen molar-refractivity contribution in [3.05, 3.63) is 17.9 Å². The Morgan fingerprint density at radius 3 is 2.93 bits per heavy atom. The topological polar surface area (TPSA) is 97.7 Å². The summed E-state index contributed by atoms with van der Waals surface area (Å²) in [5.41, 5.74) is 5.31. The highest BCUT2D eigenvalue weighted by Crippen LogP contribution is 2.08. The molecule has 1 amide bonds. The smallest absolute Gasteiger partial charge is 0.287 e. The van der Waals surface area contributed by atoms with Gasteiger partial charge in [0.05, 0.1) is 19.8 Å². The van der Waals surface area contributed by atoms with Crippen molar-refractivity contribution in [3.8, 4) is 0 Å². The number of nitrogens with two attached hydrogens (primary N) is 1. The zero-order chi connectivity index (χ0) is 11.1. The van der Waals surface area contributed by atoms with Crippen molar-refractivity contribution in [3.63, 3.8) is 0 Å². The molecule has 0 atom stereocenters. The third kappa shape index (κ3) is 4.01. The molecule has 0 spiro atoms. The normalized spacial score (nSPS) is 10.2. The predicted molar refractivity (Wildman–Crippen MR) is 53.4 cm³/mol. The third-order valence-corrected chi connectivity index (χ3v) is 1.62. The van der Waals surface area contributed by atoms with E-state index < -0.39 is 0 Å². The lowest BCUT2D eigenvalue weighted by atomic mass is 10.4. The van der Waals surface area contributed by atoms with Crippen LogP contribution in [0.15, 0.2) is 16.5 Å². The predicted octanol–water partition coefficient (Wildman–Crippen LogP) is -0.399. The molecule has 15 heavy (non-hydrogen) atoms. The largest absolute Gasteiger partial charge is 0.436 e. The van der Waals surface area contributed by atoms with Crippen LogP contribution in [-0.2, 0) is 4.74 Å². The molecule has 84 valence electrons. The lowest BCUT2D eigenvalue weighted by Gasteiger charge is -2.03. The summed E-state index contributed by atoms with van der Waals surface area (Å²) in [6, 6.07) is 3.01. The first-order valence-electron chi connectivity index (χ1n) is 4.56. The van der Waals surface area contributed by atoms with Gasteiger partial charge in [-0.05, 0) is 6.07 Å². The van der Waals surface area contributed by atoms with Gasteiger partial charge >= 0.3 is 0 Å². The molecule has 6 heteroatoms. The van der Waals surface area contributed by atoms with Gasteiger partial charge in [-0.3, -0.25) is 4.79 Å². The van der Waals surface area contributed by atoms with E-state index in [4.69, 9.17) is 20.0 Å². The number of amides is 1. The fourth-order valence-electron chi connectivity index (χ4n) is 0.965. The van der Waals surface area contributed by atoms with Gasteiger partial charge in [-0.25, -0.2) is 0 Å². The van der Waals surface area contributed by atoms with Crippen LogP contribution < -0.4 is 11.1 Å². The second-order valence-electron chi connectivity index (χ2n) is 2.79. The molecule has 0 aliphatic carbocycles. The number of rotatable bonds is 6. The van der Waals surface area contributed by atoms with Crippen molar-refractivity contribution in [2.45, 2.75) is 0 Å². The molecule has 0 aliphatic rings. The van der Waals surface area contributed by atoms with Gasteiger partial charge in [0.1, 0.15) is 0 Å². The van der Waals surface area contributed by atoms with Crippen LogP contribution in [-0.4, -0.2) is 37.4 Å². The molecule has 0 fully saturated rings. The summed E-state index contributed by atoms with van der Waals surface area (Å²) in [5, 5.41) is 11.0. The first kappa shape index (κ1) is 11.5. The fourth-order valence-corrected chi connectivity index (χ4v) is 0.965. The maximum absolute atomic E-state index is 11.3. The number of hydrogen-bond donors (Lipinski definition) is 3. The van der Waals surface area contributed by atoms with E-state index in [2.05, 4.69) is 5.32 Å². The Hall–Kier alpha value is -1.53. The lowest BCUT2D eigenvalue weighted by Crippen LogP contribution is -2.27. The molecule has 0 saturated heterocycles. The van der Waals surface area contributed by atoms with Crippen molar-refractivity contribution in [1.82, 2.24) is 5.32 Å². The highest BCUT2D eigenvalue weighted by Gasteiger charge is 2.08. The standard InChI is InChI=1S/C9H14N2O4/c10-8-2-1-7(15-8)9(13)11-3-5-14-6-4-12/h1-2,12H,3-6,10H2,(H,11,13). The fraction of sp³-hybridized carbons (Fsp3) is 0.444. The molecule has 0 bridgehead atoms. The van der Waals surface area contributed by atoms with E-state index in [1.807, 2.05) is 0 Å². The maximum Gasteiger partial charge on any atom is 0.287 e. The van der Waals surface area contributed by atoms with Gasteiger partial charge in [-0.15, -0.1) is 0 Å². The van der Waals surface area contributed by atoms with Crippen LogP contribution in [0.5, 0.6) is 0 Å². The van der Waals surface area contributed by atoms with Gasteiger partial charge in [0.25, 0.3) is 5.91 Å². The zero-order valence-corrected chi connectivity index (χ0v) is 8.23. The minimum absolute atomic E-state index is 0.0251. The first-order valence-corrected chi connectivity index (χ1v) is 4.56. The van der Waals surface area contributed by atoms with E-state index in [1.165, 1.54) is 12.1 Å². The van der Waals surface area contributed by atoms with E-state index in [0.29, 0.717) is 13.2 Å². The molecule has 0 aromatic carbocycles. The zero-order valence-electron chi connectivity index (χ0n) is 8.23. The Labute approximate surface area is 87.0 Å². The molecule has 6 nitrogen and oxygen atoms in total. The highest BCUT2D eigenvalue weighted by atomic mass is 16.5. The maximum atomic E-state index is 11.3. The van der Waals surface area contributed by atoms with Gasteiger partial charge in [-0.1, -0.05) is 0 Å². The van der Waals surface area contributed by atoms with Crippen LogP contribution in [0.2, 0.25) is 0 Å². The third-order valence-electron chi connectivity index (χ3n) is 1.62. The summed E-state index contributed by atoms with van der Waals surface area (Å²) in [7, 11) is 0. The Kier molecular flexibility index (Phi) is 4.65.